The van der Waals surface area contributed by atoms with E-state index in [0.29, 0.717) is 5.92 Å². The molecule has 3 nitrogen and oxygen atoms in total. The summed E-state index contributed by atoms with van der Waals surface area (Å²) in [6.07, 6.45) is 0.972. The second kappa shape index (κ2) is 6.17. The Kier molecular flexibility index (Phi) is 5.98. The molecule has 3 N–H and O–H groups in total. The number of ether oxygens (including phenoxy) is 1. The van der Waals surface area contributed by atoms with Gasteiger partial charge in [0.15, 0.2) is 0 Å². The summed E-state index contributed by atoms with van der Waals surface area (Å²) in [6, 6.07) is 0.204. The molecule has 0 aromatic rings. The van der Waals surface area contributed by atoms with Gasteiger partial charge in [0.1, 0.15) is 0 Å². The van der Waals surface area contributed by atoms with Crippen LogP contribution in [-0.4, -0.2) is 19.8 Å². The van der Waals surface area contributed by atoms with E-state index in [4.69, 9.17) is 10.6 Å². The molecule has 0 saturated carbocycles. The highest BCUT2D eigenvalue weighted by Crippen LogP contribution is 2.10. The lowest BCUT2D eigenvalue weighted by atomic mass is 9.99. The fraction of sp³-hybridized carbons (Fsp3) is 0.778. The molecule has 0 amide bonds. The van der Waals surface area contributed by atoms with Gasteiger partial charge in [-0.2, -0.15) is 0 Å². The third-order valence-corrected chi connectivity index (χ3v) is 1.89. The lowest BCUT2D eigenvalue weighted by Gasteiger charge is -2.19. The van der Waals surface area contributed by atoms with E-state index >= 15 is 0 Å². The SMILES string of the molecule is C=C(C)C(CC(C)COC)NN. The first-order valence-corrected chi connectivity index (χ1v) is 4.22. The molecule has 0 heterocycles. The van der Waals surface area contributed by atoms with E-state index in [1.807, 2.05) is 6.92 Å². The molecule has 72 valence electrons. The second-order valence-corrected chi connectivity index (χ2v) is 3.36. The summed E-state index contributed by atoms with van der Waals surface area (Å²) in [6.45, 7) is 8.74. The third-order valence-electron chi connectivity index (χ3n) is 1.89. The summed E-state index contributed by atoms with van der Waals surface area (Å²) >= 11 is 0. The van der Waals surface area contributed by atoms with Crippen molar-refractivity contribution in [3.63, 3.8) is 0 Å². The molecule has 0 saturated heterocycles. The van der Waals surface area contributed by atoms with Crippen LogP contribution in [0.2, 0.25) is 0 Å². The first-order chi connectivity index (χ1) is 5.61. The van der Waals surface area contributed by atoms with Crippen molar-refractivity contribution < 1.29 is 4.74 Å². The summed E-state index contributed by atoms with van der Waals surface area (Å²) in [5.41, 5.74) is 3.81. The van der Waals surface area contributed by atoms with Crippen molar-refractivity contribution in [3.05, 3.63) is 12.2 Å². The number of hydrazine groups is 1. The smallest absolute Gasteiger partial charge is 0.0488 e. The van der Waals surface area contributed by atoms with Crippen LogP contribution >= 0.6 is 0 Å². The minimum Gasteiger partial charge on any atom is -0.384 e. The van der Waals surface area contributed by atoms with Gasteiger partial charge in [-0.1, -0.05) is 19.1 Å². The Bertz CT molecular complexity index is 136. The second-order valence-electron chi connectivity index (χ2n) is 3.36. The van der Waals surface area contributed by atoms with Crippen molar-refractivity contribution in [1.29, 1.82) is 0 Å². The van der Waals surface area contributed by atoms with Gasteiger partial charge < -0.3 is 4.74 Å². The Morgan fingerprint density at radius 3 is 2.58 bits per heavy atom. The largest absolute Gasteiger partial charge is 0.384 e. The Balaban J connectivity index is 3.77. The molecule has 0 bridgehead atoms. The molecule has 12 heavy (non-hydrogen) atoms. The summed E-state index contributed by atoms with van der Waals surface area (Å²) in [7, 11) is 1.71. The zero-order valence-electron chi connectivity index (χ0n) is 8.26. The maximum Gasteiger partial charge on any atom is 0.0488 e. The van der Waals surface area contributed by atoms with E-state index in [1.54, 1.807) is 7.11 Å². The maximum atomic E-state index is 5.37. The highest BCUT2D eigenvalue weighted by molar-refractivity contribution is 5.00. The van der Waals surface area contributed by atoms with Crippen molar-refractivity contribution >= 4 is 0 Å². The van der Waals surface area contributed by atoms with Crippen LogP contribution in [0.1, 0.15) is 20.3 Å². The van der Waals surface area contributed by atoms with Gasteiger partial charge in [-0.25, -0.2) is 0 Å². The molecule has 0 aromatic heterocycles. The molecule has 2 atom stereocenters. The summed E-state index contributed by atoms with van der Waals surface area (Å²) in [4.78, 5) is 0. The molecule has 0 aliphatic heterocycles. The molecular formula is C9H20N2O. The van der Waals surface area contributed by atoms with Crippen molar-refractivity contribution in [2.24, 2.45) is 11.8 Å². The Morgan fingerprint density at radius 2 is 2.25 bits per heavy atom. The van der Waals surface area contributed by atoms with E-state index in [0.717, 1.165) is 18.6 Å². The summed E-state index contributed by atoms with van der Waals surface area (Å²) in [5, 5.41) is 0. The van der Waals surface area contributed by atoms with E-state index in [1.165, 1.54) is 0 Å². The van der Waals surface area contributed by atoms with Crippen LogP contribution < -0.4 is 11.3 Å². The predicted octanol–water partition coefficient (Wildman–Crippen LogP) is 1.07. The Hall–Kier alpha value is -0.380. The summed E-state index contributed by atoms with van der Waals surface area (Å²) in [5.74, 6) is 5.87. The standard InChI is InChI=1S/C9H20N2O/c1-7(2)9(11-10)5-8(3)6-12-4/h8-9,11H,1,5-6,10H2,2-4H3. The van der Waals surface area contributed by atoms with E-state index in [-0.39, 0.29) is 6.04 Å². The molecule has 0 aromatic carbocycles. The van der Waals surface area contributed by atoms with Crippen LogP contribution in [0.15, 0.2) is 12.2 Å². The molecule has 2 unspecified atom stereocenters. The molecule has 0 radical (unpaired) electrons. The van der Waals surface area contributed by atoms with Crippen LogP contribution in [0.3, 0.4) is 0 Å². The zero-order chi connectivity index (χ0) is 9.56. The van der Waals surface area contributed by atoms with Crippen molar-refractivity contribution in [1.82, 2.24) is 5.43 Å². The number of methoxy groups -OCH3 is 1. The normalized spacial score (nSPS) is 15.7. The monoisotopic (exact) mass is 172 g/mol. The van der Waals surface area contributed by atoms with Crippen molar-refractivity contribution in [2.45, 2.75) is 26.3 Å². The van der Waals surface area contributed by atoms with Gasteiger partial charge in [-0.15, -0.1) is 0 Å². The van der Waals surface area contributed by atoms with Gasteiger partial charge in [-0.3, -0.25) is 11.3 Å². The van der Waals surface area contributed by atoms with E-state index in [2.05, 4.69) is 18.9 Å². The number of hydrogen-bond donors (Lipinski definition) is 2. The minimum atomic E-state index is 0.204. The van der Waals surface area contributed by atoms with Gasteiger partial charge >= 0.3 is 0 Å². The lowest BCUT2D eigenvalue weighted by Crippen LogP contribution is -2.37. The van der Waals surface area contributed by atoms with Crippen LogP contribution in [-0.2, 0) is 4.74 Å². The molecule has 0 aliphatic carbocycles. The van der Waals surface area contributed by atoms with Crippen LogP contribution in [0.4, 0.5) is 0 Å². The quantitative estimate of drug-likeness (QED) is 0.358. The predicted molar refractivity (Wildman–Crippen MR) is 51.6 cm³/mol. The molecular weight excluding hydrogens is 152 g/mol. The fourth-order valence-electron chi connectivity index (χ4n) is 1.17. The molecule has 0 rings (SSSR count). The highest BCUT2D eigenvalue weighted by atomic mass is 16.5. The molecule has 0 fully saturated rings. The average molecular weight is 172 g/mol. The highest BCUT2D eigenvalue weighted by Gasteiger charge is 2.11. The van der Waals surface area contributed by atoms with Gasteiger partial charge in [0.05, 0.1) is 0 Å². The maximum absolute atomic E-state index is 5.37. The zero-order valence-corrected chi connectivity index (χ0v) is 8.26. The minimum absolute atomic E-state index is 0.204. The van der Waals surface area contributed by atoms with Crippen LogP contribution in [0.25, 0.3) is 0 Å². The van der Waals surface area contributed by atoms with E-state index in [9.17, 15) is 0 Å². The number of nitrogens with one attached hydrogen (secondary N) is 1. The number of rotatable bonds is 6. The Labute approximate surface area is 74.9 Å². The van der Waals surface area contributed by atoms with Gasteiger partial charge in [0.2, 0.25) is 0 Å². The van der Waals surface area contributed by atoms with Gasteiger partial charge in [0.25, 0.3) is 0 Å². The number of nitrogens with two attached hydrogens (primary N) is 1. The van der Waals surface area contributed by atoms with Crippen LogP contribution in [0, 0.1) is 5.92 Å². The first-order valence-electron chi connectivity index (χ1n) is 4.22. The molecule has 0 aliphatic rings. The molecule has 3 heteroatoms. The lowest BCUT2D eigenvalue weighted by molar-refractivity contribution is 0.151. The first kappa shape index (κ1) is 11.6. The van der Waals surface area contributed by atoms with Crippen molar-refractivity contribution in [2.75, 3.05) is 13.7 Å². The topological polar surface area (TPSA) is 47.3 Å². The van der Waals surface area contributed by atoms with E-state index < -0.39 is 0 Å². The van der Waals surface area contributed by atoms with Crippen molar-refractivity contribution in [3.8, 4) is 0 Å². The molecule has 0 spiro atoms. The average Bonchev–Trinajstić information content (AvgIpc) is 2.00. The fourth-order valence-corrected chi connectivity index (χ4v) is 1.17. The van der Waals surface area contributed by atoms with Crippen LogP contribution in [0.5, 0.6) is 0 Å². The number of hydrogen-bond acceptors (Lipinski definition) is 3. The third kappa shape index (κ3) is 4.49. The summed E-state index contributed by atoms with van der Waals surface area (Å²) < 4.78 is 5.03. The van der Waals surface area contributed by atoms with Gasteiger partial charge in [0, 0.05) is 19.8 Å². The van der Waals surface area contributed by atoms with Gasteiger partial charge in [-0.05, 0) is 19.3 Å². The Morgan fingerprint density at radius 1 is 1.67 bits per heavy atom.